The Bertz CT molecular complexity index is 548. The summed E-state index contributed by atoms with van der Waals surface area (Å²) in [5, 5.41) is 2.91. The van der Waals surface area contributed by atoms with E-state index in [1.165, 1.54) is 0 Å². The quantitative estimate of drug-likeness (QED) is 0.909. The van der Waals surface area contributed by atoms with E-state index in [9.17, 15) is 9.59 Å². The molecule has 0 bridgehead atoms. The Balaban J connectivity index is 1.60. The maximum atomic E-state index is 12.3. The minimum absolute atomic E-state index is 0.0868. The molecule has 0 aliphatic carbocycles. The predicted octanol–water partition coefficient (Wildman–Crippen LogP) is 2.05. The molecule has 1 atom stereocenters. The Kier molecular flexibility index (Phi) is 4.18. The highest BCUT2D eigenvalue weighted by atomic mass is 16.2. The number of hydrogen-bond acceptors (Lipinski definition) is 2. The number of fused-ring (bicyclic) bond motifs is 1. The Morgan fingerprint density at radius 2 is 2.00 bits per heavy atom. The van der Waals surface area contributed by atoms with Gasteiger partial charge in [-0.1, -0.05) is 18.2 Å². The molecule has 6 nitrogen and oxygen atoms in total. The second-order valence-corrected chi connectivity index (χ2v) is 5.74. The standard InChI is InChI=1S/C16H22N4O2/c1-2-18-9-8-14-12-19(10-11-20(14)16(18)22)15(21)17-13-6-4-3-5-7-13/h3-7,14H,2,8-12H2,1H3,(H,17,21). The summed E-state index contributed by atoms with van der Waals surface area (Å²) in [5.41, 5.74) is 0.798. The van der Waals surface area contributed by atoms with E-state index in [1.54, 1.807) is 0 Å². The van der Waals surface area contributed by atoms with Crippen molar-refractivity contribution in [3.8, 4) is 0 Å². The lowest BCUT2D eigenvalue weighted by molar-refractivity contribution is 0.0584. The first kappa shape index (κ1) is 14.7. The number of para-hydroxylation sites is 1. The number of carbonyl (C=O) groups excluding carboxylic acids is 2. The Morgan fingerprint density at radius 1 is 1.23 bits per heavy atom. The maximum absolute atomic E-state index is 12.3. The van der Waals surface area contributed by atoms with E-state index in [4.69, 9.17) is 0 Å². The van der Waals surface area contributed by atoms with Gasteiger partial charge in [0, 0.05) is 38.4 Å². The molecule has 0 spiro atoms. The molecule has 1 aromatic rings. The number of carbonyl (C=O) groups is 2. The largest absolute Gasteiger partial charge is 0.325 e. The highest BCUT2D eigenvalue weighted by molar-refractivity contribution is 5.89. The van der Waals surface area contributed by atoms with Crippen LogP contribution in [0.15, 0.2) is 30.3 Å². The molecule has 0 aromatic heterocycles. The molecular formula is C16H22N4O2. The van der Waals surface area contributed by atoms with Crippen LogP contribution in [0.3, 0.4) is 0 Å². The van der Waals surface area contributed by atoms with Crippen LogP contribution in [0.1, 0.15) is 13.3 Å². The molecule has 2 heterocycles. The first-order valence-corrected chi connectivity index (χ1v) is 7.85. The number of nitrogens with zero attached hydrogens (tertiary/aromatic N) is 3. The van der Waals surface area contributed by atoms with E-state index in [1.807, 2.05) is 52.0 Å². The van der Waals surface area contributed by atoms with E-state index in [-0.39, 0.29) is 18.1 Å². The van der Waals surface area contributed by atoms with Gasteiger partial charge in [-0.2, -0.15) is 0 Å². The molecule has 2 aliphatic heterocycles. The number of amides is 4. The number of piperazine rings is 1. The molecule has 118 valence electrons. The molecule has 3 rings (SSSR count). The first-order valence-electron chi connectivity index (χ1n) is 7.85. The summed E-state index contributed by atoms with van der Waals surface area (Å²) in [4.78, 5) is 30.2. The second-order valence-electron chi connectivity index (χ2n) is 5.74. The van der Waals surface area contributed by atoms with Crippen molar-refractivity contribution in [2.24, 2.45) is 0 Å². The molecular weight excluding hydrogens is 280 g/mol. The maximum Gasteiger partial charge on any atom is 0.321 e. The summed E-state index contributed by atoms with van der Waals surface area (Å²) in [5.74, 6) is 0. The summed E-state index contributed by atoms with van der Waals surface area (Å²) in [6.45, 7) is 5.34. The summed E-state index contributed by atoms with van der Waals surface area (Å²) < 4.78 is 0. The van der Waals surface area contributed by atoms with Crippen LogP contribution in [0.25, 0.3) is 0 Å². The summed E-state index contributed by atoms with van der Waals surface area (Å²) in [6.07, 6.45) is 0.925. The minimum atomic E-state index is -0.0868. The normalized spacial score (nSPS) is 21.6. The fraction of sp³-hybridized carbons (Fsp3) is 0.500. The van der Waals surface area contributed by atoms with E-state index < -0.39 is 0 Å². The third kappa shape index (κ3) is 2.86. The number of hydrogen-bond donors (Lipinski definition) is 1. The van der Waals surface area contributed by atoms with E-state index in [0.29, 0.717) is 19.6 Å². The van der Waals surface area contributed by atoms with Gasteiger partial charge in [-0.05, 0) is 25.5 Å². The molecule has 0 saturated carbocycles. The number of nitrogens with one attached hydrogen (secondary N) is 1. The first-order chi connectivity index (χ1) is 10.7. The third-order valence-electron chi connectivity index (χ3n) is 4.43. The zero-order valence-corrected chi connectivity index (χ0v) is 12.9. The molecule has 4 amide bonds. The summed E-state index contributed by atoms with van der Waals surface area (Å²) in [7, 11) is 0. The number of urea groups is 2. The molecule has 2 fully saturated rings. The SMILES string of the molecule is CCN1CCC2CN(C(=O)Nc3ccccc3)CCN2C1=O. The lowest BCUT2D eigenvalue weighted by Gasteiger charge is -2.46. The lowest BCUT2D eigenvalue weighted by atomic mass is 10.1. The highest BCUT2D eigenvalue weighted by Crippen LogP contribution is 2.21. The fourth-order valence-corrected chi connectivity index (χ4v) is 3.14. The van der Waals surface area contributed by atoms with Gasteiger partial charge in [0.05, 0.1) is 6.04 Å². The van der Waals surface area contributed by atoms with Crippen LogP contribution in [0.4, 0.5) is 15.3 Å². The van der Waals surface area contributed by atoms with Crippen molar-refractivity contribution >= 4 is 17.7 Å². The predicted molar refractivity (Wildman–Crippen MR) is 84.8 cm³/mol. The van der Waals surface area contributed by atoms with Crippen LogP contribution < -0.4 is 5.32 Å². The summed E-state index contributed by atoms with van der Waals surface area (Å²) in [6, 6.07) is 9.62. The van der Waals surface area contributed by atoms with Crippen molar-refractivity contribution < 1.29 is 9.59 Å². The Morgan fingerprint density at radius 3 is 2.73 bits per heavy atom. The van der Waals surface area contributed by atoms with Crippen LogP contribution in [-0.2, 0) is 0 Å². The topological polar surface area (TPSA) is 55.9 Å². The average Bonchev–Trinajstić information content (AvgIpc) is 2.56. The zero-order chi connectivity index (χ0) is 15.5. The third-order valence-corrected chi connectivity index (χ3v) is 4.43. The van der Waals surface area contributed by atoms with Crippen LogP contribution in [0, 0.1) is 0 Å². The van der Waals surface area contributed by atoms with Gasteiger partial charge in [0.1, 0.15) is 0 Å². The van der Waals surface area contributed by atoms with Gasteiger partial charge < -0.3 is 20.0 Å². The van der Waals surface area contributed by atoms with Crippen LogP contribution >= 0.6 is 0 Å². The van der Waals surface area contributed by atoms with Gasteiger partial charge in [0.2, 0.25) is 0 Å². The van der Waals surface area contributed by atoms with Gasteiger partial charge in [-0.25, -0.2) is 9.59 Å². The van der Waals surface area contributed by atoms with Crippen molar-refractivity contribution in [3.63, 3.8) is 0 Å². The van der Waals surface area contributed by atoms with E-state index in [0.717, 1.165) is 25.2 Å². The molecule has 0 radical (unpaired) electrons. The van der Waals surface area contributed by atoms with E-state index in [2.05, 4.69) is 5.32 Å². The second kappa shape index (κ2) is 6.25. The van der Waals surface area contributed by atoms with Gasteiger partial charge >= 0.3 is 12.1 Å². The smallest absolute Gasteiger partial charge is 0.321 e. The van der Waals surface area contributed by atoms with Gasteiger partial charge in [-0.15, -0.1) is 0 Å². The Labute approximate surface area is 130 Å². The van der Waals surface area contributed by atoms with Gasteiger partial charge in [0.25, 0.3) is 0 Å². The molecule has 1 unspecified atom stereocenters. The fourth-order valence-electron chi connectivity index (χ4n) is 3.14. The summed E-state index contributed by atoms with van der Waals surface area (Å²) >= 11 is 0. The zero-order valence-electron chi connectivity index (χ0n) is 12.9. The van der Waals surface area contributed by atoms with Crippen molar-refractivity contribution in [1.29, 1.82) is 0 Å². The molecule has 2 saturated heterocycles. The van der Waals surface area contributed by atoms with Crippen molar-refractivity contribution in [2.75, 3.05) is 38.0 Å². The highest BCUT2D eigenvalue weighted by Gasteiger charge is 2.37. The van der Waals surface area contributed by atoms with Gasteiger partial charge in [-0.3, -0.25) is 0 Å². The number of benzene rings is 1. The minimum Gasteiger partial charge on any atom is -0.325 e. The number of anilines is 1. The van der Waals surface area contributed by atoms with E-state index >= 15 is 0 Å². The van der Waals surface area contributed by atoms with Gasteiger partial charge in [0.15, 0.2) is 0 Å². The lowest BCUT2D eigenvalue weighted by Crippen LogP contribution is -2.63. The van der Waals surface area contributed by atoms with Crippen LogP contribution in [0.5, 0.6) is 0 Å². The monoisotopic (exact) mass is 302 g/mol. The molecule has 1 N–H and O–H groups in total. The average molecular weight is 302 g/mol. The molecule has 22 heavy (non-hydrogen) atoms. The number of rotatable bonds is 2. The molecule has 1 aromatic carbocycles. The van der Waals surface area contributed by atoms with Crippen molar-refractivity contribution in [3.05, 3.63) is 30.3 Å². The van der Waals surface area contributed by atoms with Crippen molar-refractivity contribution in [1.82, 2.24) is 14.7 Å². The van der Waals surface area contributed by atoms with Crippen molar-refractivity contribution in [2.45, 2.75) is 19.4 Å². The van der Waals surface area contributed by atoms with Crippen LogP contribution in [0.2, 0.25) is 0 Å². The van der Waals surface area contributed by atoms with Crippen LogP contribution in [-0.4, -0.2) is 65.5 Å². The molecule has 6 heteroatoms. The molecule has 2 aliphatic rings. The Hall–Kier alpha value is -2.24.